The van der Waals surface area contributed by atoms with E-state index in [-0.39, 0.29) is 0 Å². The predicted molar refractivity (Wildman–Crippen MR) is 87.6 cm³/mol. The number of benzene rings is 2. The quantitative estimate of drug-likeness (QED) is 0.913. The van der Waals surface area contributed by atoms with Gasteiger partial charge in [0.2, 0.25) is 0 Å². The summed E-state index contributed by atoms with van der Waals surface area (Å²) in [5, 5.41) is 7.42. The molecule has 2 aromatic carbocycles. The highest BCUT2D eigenvalue weighted by molar-refractivity contribution is 5.62. The average Bonchev–Trinajstić information content (AvgIpc) is 2.47. The zero-order valence-corrected chi connectivity index (χ0v) is 12.7. The third-order valence-electron chi connectivity index (χ3n) is 3.53. The Morgan fingerprint density at radius 3 is 1.73 bits per heavy atom. The summed E-state index contributed by atoms with van der Waals surface area (Å²) in [6, 6.07) is 22.0. The lowest BCUT2D eigenvalue weighted by Gasteiger charge is -2.43. The summed E-state index contributed by atoms with van der Waals surface area (Å²) in [4.78, 5) is 11.4. The highest BCUT2D eigenvalue weighted by Crippen LogP contribution is 2.31. The Bertz CT molecular complexity index is 537. The van der Waals surface area contributed by atoms with Crippen molar-refractivity contribution in [2.75, 3.05) is 13.1 Å². The van der Waals surface area contributed by atoms with E-state index < -0.39 is 5.97 Å². The number of likely N-dealkylation sites (tertiary alicyclic amines) is 1. The van der Waals surface area contributed by atoms with Crippen LogP contribution in [0.3, 0.4) is 0 Å². The van der Waals surface area contributed by atoms with Gasteiger partial charge in [-0.05, 0) is 11.1 Å². The molecular weight excluding hydrogens is 276 g/mol. The van der Waals surface area contributed by atoms with Crippen molar-refractivity contribution in [3.8, 4) is 0 Å². The molecule has 1 fully saturated rings. The van der Waals surface area contributed by atoms with Crippen LogP contribution in [0.25, 0.3) is 0 Å². The number of carbonyl (C=O) groups is 1. The molecule has 1 aliphatic heterocycles. The Labute approximate surface area is 131 Å². The molecule has 1 aliphatic rings. The number of hydrogen-bond acceptors (Lipinski definition) is 3. The lowest BCUT2D eigenvalue weighted by atomic mass is 9.93. The molecule has 0 unspecified atom stereocenters. The third kappa shape index (κ3) is 4.41. The normalized spacial score (nSPS) is 14.9. The van der Waals surface area contributed by atoms with Gasteiger partial charge in [0.1, 0.15) is 0 Å². The van der Waals surface area contributed by atoms with Crippen molar-refractivity contribution in [3.05, 3.63) is 71.8 Å². The average molecular weight is 298 g/mol. The first-order valence-corrected chi connectivity index (χ1v) is 7.37. The number of carboxylic acids is 1. The molecule has 22 heavy (non-hydrogen) atoms. The van der Waals surface area contributed by atoms with Crippen LogP contribution in [0.5, 0.6) is 0 Å². The summed E-state index contributed by atoms with van der Waals surface area (Å²) in [6.45, 7) is 3.04. The minimum Gasteiger partial charge on any atom is -0.481 e. The monoisotopic (exact) mass is 298 g/mol. The van der Waals surface area contributed by atoms with Crippen LogP contribution in [0.2, 0.25) is 0 Å². The molecule has 0 aliphatic carbocycles. The minimum atomic E-state index is -0.833. The van der Waals surface area contributed by atoms with Crippen LogP contribution in [-0.4, -0.2) is 35.1 Å². The van der Waals surface area contributed by atoms with Crippen molar-refractivity contribution in [3.63, 3.8) is 0 Å². The fourth-order valence-corrected chi connectivity index (χ4v) is 2.64. The van der Waals surface area contributed by atoms with Crippen LogP contribution in [-0.2, 0) is 4.79 Å². The summed E-state index contributed by atoms with van der Waals surface area (Å²) in [5.41, 5.74) is 8.61. The molecule has 0 amide bonds. The van der Waals surface area contributed by atoms with Crippen LogP contribution in [0.1, 0.15) is 24.1 Å². The second-order valence-electron chi connectivity index (χ2n) is 5.46. The molecule has 0 aromatic heterocycles. The molecule has 4 nitrogen and oxygen atoms in total. The lowest BCUT2D eigenvalue weighted by Crippen LogP contribution is -2.56. The number of nitrogens with zero attached hydrogens (tertiary/aromatic N) is 1. The third-order valence-corrected chi connectivity index (χ3v) is 3.53. The fourth-order valence-electron chi connectivity index (χ4n) is 2.64. The van der Waals surface area contributed by atoms with Gasteiger partial charge in [0.25, 0.3) is 5.97 Å². The van der Waals surface area contributed by atoms with Crippen LogP contribution in [0.15, 0.2) is 60.7 Å². The maximum Gasteiger partial charge on any atom is 0.300 e. The highest BCUT2D eigenvalue weighted by Gasteiger charge is 2.31. The van der Waals surface area contributed by atoms with Gasteiger partial charge in [-0.15, -0.1) is 0 Å². The molecule has 0 atom stereocenters. The van der Waals surface area contributed by atoms with Crippen LogP contribution in [0.4, 0.5) is 0 Å². The van der Waals surface area contributed by atoms with E-state index in [2.05, 4.69) is 65.6 Å². The van der Waals surface area contributed by atoms with Crippen LogP contribution < -0.4 is 5.73 Å². The predicted octanol–water partition coefficient (Wildman–Crippen LogP) is 2.51. The van der Waals surface area contributed by atoms with Crippen LogP contribution >= 0.6 is 0 Å². The van der Waals surface area contributed by atoms with E-state index in [0.717, 1.165) is 20.0 Å². The second-order valence-corrected chi connectivity index (χ2v) is 5.46. The van der Waals surface area contributed by atoms with E-state index in [1.807, 2.05) is 0 Å². The van der Waals surface area contributed by atoms with Crippen molar-refractivity contribution in [1.29, 1.82) is 0 Å². The Morgan fingerprint density at radius 1 is 1.05 bits per heavy atom. The van der Waals surface area contributed by atoms with Gasteiger partial charge < -0.3 is 10.8 Å². The van der Waals surface area contributed by atoms with E-state index in [4.69, 9.17) is 15.6 Å². The number of hydrogen-bond donors (Lipinski definition) is 2. The molecule has 1 saturated heterocycles. The first-order chi connectivity index (χ1) is 10.6. The Morgan fingerprint density at radius 2 is 1.41 bits per heavy atom. The zero-order chi connectivity index (χ0) is 15.9. The zero-order valence-electron chi connectivity index (χ0n) is 12.7. The SMILES string of the molecule is CC(=O)O.NC1CN(C(c2ccccc2)c2ccccc2)C1. The molecule has 0 radical (unpaired) electrons. The Hall–Kier alpha value is -2.17. The molecule has 2 aromatic rings. The van der Waals surface area contributed by atoms with Crippen molar-refractivity contribution >= 4 is 5.97 Å². The lowest BCUT2D eigenvalue weighted by molar-refractivity contribution is -0.134. The Balaban J connectivity index is 0.000000396. The van der Waals surface area contributed by atoms with Crippen molar-refractivity contribution in [1.82, 2.24) is 4.90 Å². The topological polar surface area (TPSA) is 66.6 Å². The maximum atomic E-state index is 9.00. The summed E-state index contributed by atoms with van der Waals surface area (Å²) in [7, 11) is 0. The molecule has 1 heterocycles. The van der Waals surface area contributed by atoms with Crippen molar-refractivity contribution in [2.45, 2.75) is 19.0 Å². The van der Waals surface area contributed by atoms with Crippen molar-refractivity contribution < 1.29 is 9.90 Å². The minimum absolute atomic E-state index is 0.333. The Kier molecular flexibility index (Phi) is 5.69. The van der Waals surface area contributed by atoms with E-state index >= 15 is 0 Å². The first kappa shape index (κ1) is 16.2. The molecule has 0 saturated carbocycles. The van der Waals surface area contributed by atoms with E-state index in [9.17, 15) is 0 Å². The summed E-state index contributed by atoms with van der Waals surface area (Å²) >= 11 is 0. The molecule has 3 rings (SSSR count). The first-order valence-electron chi connectivity index (χ1n) is 7.37. The summed E-state index contributed by atoms with van der Waals surface area (Å²) in [6.07, 6.45) is 0. The summed E-state index contributed by atoms with van der Waals surface area (Å²) < 4.78 is 0. The van der Waals surface area contributed by atoms with E-state index in [1.165, 1.54) is 11.1 Å². The maximum absolute atomic E-state index is 9.00. The fraction of sp³-hybridized carbons (Fsp3) is 0.278. The van der Waals surface area contributed by atoms with Gasteiger partial charge >= 0.3 is 0 Å². The molecule has 0 bridgehead atoms. The molecule has 4 heteroatoms. The van der Waals surface area contributed by atoms with E-state index in [0.29, 0.717) is 12.1 Å². The van der Waals surface area contributed by atoms with Crippen molar-refractivity contribution in [2.24, 2.45) is 5.73 Å². The van der Waals surface area contributed by atoms with Gasteiger partial charge in [0, 0.05) is 26.1 Å². The standard InChI is InChI=1S/C16H18N2.C2H4O2/c17-15-11-18(12-15)16(13-7-3-1-4-8-13)14-9-5-2-6-10-14;1-2(3)4/h1-10,15-16H,11-12,17H2;1H3,(H,3,4). The number of aliphatic carboxylic acids is 1. The summed E-state index contributed by atoms with van der Waals surface area (Å²) in [5.74, 6) is -0.833. The molecule has 3 N–H and O–H groups in total. The number of rotatable bonds is 3. The second kappa shape index (κ2) is 7.73. The molecule has 116 valence electrons. The van der Waals surface area contributed by atoms with Gasteiger partial charge in [0.05, 0.1) is 6.04 Å². The highest BCUT2D eigenvalue weighted by atomic mass is 16.4. The van der Waals surface area contributed by atoms with Gasteiger partial charge in [-0.25, -0.2) is 0 Å². The van der Waals surface area contributed by atoms with Gasteiger partial charge in [-0.1, -0.05) is 60.7 Å². The van der Waals surface area contributed by atoms with Crippen LogP contribution in [0, 0.1) is 0 Å². The smallest absolute Gasteiger partial charge is 0.300 e. The van der Waals surface area contributed by atoms with Gasteiger partial charge in [-0.2, -0.15) is 0 Å². The largest absolute Gasteiger partial charge is 0.481 e. The van der Waals surface area contributed by atoms with E-state index in [1.54, 1.807) is 0 Å². The molecule has 0 spiro atoms. The number of carboxylic acid groups (broad SMARTS) is 1. The van der Waals surface area contributed by atoms with Gasteiger partial charge in [0.15, 0.2) is 0 Å². The number of nitrogens with two attached hydrogens (primary N) is 1. The molecular formula is C18H22N2O2. The van der Waals surface area contributed by atoms with Gasteiger partial charge in [-0.3, -0.25) is 9.69 Å².